The SMILES string of the molecule is CC[C@@](C)(Oc1cc(NS(=O)(=O)c2ccc(C(=O)NC(C)(C)C)o2)nc(SCc2cccc(F)c2F)n1)C(=O)O. The summed E-state index contributed by atoms with van der Waals surface area (Å²) in [7, 11) is -4.43. The van der Waals surface area contributed by atoms with Gasteiger partial charge in [-0.1, -0.05) is 30.8 Å². The van der Waals surface area contributed by atoms with Gasteiger partial charge in [-0.3, -0.25) is 9.52 Å². The molecule has 216 valence electrons. The van der Waals surface area contributed by atoms with E-state index in [1.54, 1.807) is 27.7 Å². The van der Waals surface area contributed by atoms with Gasteiger partial charge in [-0.05, 0) is 52.3 Å². The average molecular weight is 599 g/mol. The Morgan fingerprint density at radius 3 is 2.45 bits per heavy atom. The van der Waals surface area contributed by atoms with Crippen molar-refractivity contribution >= 4 is 39.5 Å². The second kappa shape index (κ2) is 11.8. The third-order valence-corrected chi connectivity index (χ3v) is 7.45. The number of hydrogen-bond acceptors (Lipinski definition) is 9. The summed E-state index contributed by atoms with van der Waals surface area (Å²) in [5, 5.41) is 11.5. The monoisotopic (exact) mass is 598 g/mol. The number of ether oxygens (including phenoxy) is 1. The fourth-order valence-electron chi connectivity index (χ4n) is 3.05. The molecular weight excluding hydrogens is 570 g/mol. The number of amides is 1. The molecule has 0 unspecified atom stereocenters. The smallest absolute Gasteiger partial charge is 0.347 e. The maximum absolute atomic E-state index is 14.1. The van der Waals surface area contributed by atoms with Crippen LogP contribution in [0.15, 0.2) is 51.1 Å². The molecule has 3 rings (SSSR count). The molecular formula is C25H28F2N4O7S2. The number of aromatic nitrogens is 2. The van der Waals surface area contributed by atoms with E-state index in [4.69, 9.17) is 9.15 Å². The highest BCUT2D eigenvalue weighted by Crippen LogP contribution is 2.29. The molecule has 0 spiro atoms. The first-order valence-corrected chi connectivity index (χ1v) is 14.3. The molecule has 0 aliphatic rings. The lowest BCUT2D eigenvalue weighted by Crippen LogP contribution is -2.41. The molecule has 0 aliphatic carbocycles. The van der Waals surface area contributed by atoms with Gasteiger partial charge in [0.2, 0.25) is 16.6 Å². The minimum atomic E-state index is -4.43. The van der Waals surface area contributed by atoms with Gasteiger partial charge in [-0.25, -0.2) is 18.6 Å². The summed E-state index contributed by atoms with van der Waals surface area (Å²) in [5.41, 5.74) is -2.30. The van der Waals surface area contributed by atoms with Crippen LogP contribution in [-0.2, 0) is 20.6 Å². The largest absolute Gasteiger partial charge is 0.478 e. The van der Waals surface area contributed by atoms with Crippen LogP contribution in [0.25, 0.3) is 0 Å². The fraction of sp³-hybridized carbons (Fsp3) is 0.360. The van der Waals surface area contributed by atoms with Crippen molar-refractivity contribution < 1.29 is 41.0 Å². The van der Waals surface area contributed by atoms with E-state index in [0.717, 1.165) is 30.0 Å². The molecule has 0 radical (unpaired) electrons. The molecule has 15 heteroatoms. The van der Waals surface area contributed by atoms with Crippen LogP contribution in [0.5, 0.6) is 5.88 Å². The number of carboxylic acids is 1. The molecule has 2 aromatic heterocycles. The van der Waals surface area contributed by atoms with Crippen molar-refractivity contribution in [3.8, 4) is 5.88 Å². The van der Waals surface area contributed by atoms with E-state index in [1.165, 1.54) is 25.1 Å². The molecule has 0 bridgehead atoms. The fourth-order valence-corrected chi connectivity index (χ4v) is 4.80. The second-order valence-electron chi connectivity index (χ2n) is 9.80. The van der Waals surface area contributed by atoms with Gasteiger partial charge < -0.3 is 19.6 Å². The lowest BCUT2D eigenvalue weighted by atomic mass is 10.0. The molecule has 0 fully saturated rings. The van der Waals surface area contributed by atoms with Crippen LogP contribution >= 0.6 is 11.8 Å². The molecule has 3 aromatic rings. The summed E-state index contributed by atoms with van der Waals surface area (Å²) in [6, 6.07) is 6.99. The quantitative estimate of drug-likeness (QED) is 0.210. The van der Waals surface area contributed by atoms with Crippen molar-refractivity contribution in [2.45, 2.75) is 68.2 Å². The number of furan rings is 1. The molecule has 1 atom stereocenters. The van der Waals surface area contributed by atoms with Gasteiger partial charge in [-0.15, -0.1) is 0 Å². The third kappa shape index (κ3) is 7.69. The Morgan fingerprint density at radius 1 is 1.12 bits per heavy atom. The predicted octanol–water partition coefficient (Wildman–Crippen LogP) is 4.60. The highest BCUT2D eigenvalue weighted by Gasteiger charge is 2.34. The molecule has 40 heavy (non-hydrogen) atoms. The number of benzene rings is 1. The number of thioether (sulfide) groups is 1. The van der Waals surface area contributed by atoms with Crippen molar-refractivity contribution in [2.75, 3.05) is 4.72 Å². The molecule has 0 saturated carbocycles. The number of sulfonamides is 1. The van der Waals surface area contributed by atoms with E-state index in [0.29, 0.717) is 0 Å². The standard InChI is InChI=1S/C25H28F2N4O7S2/c1-6-25(5,22(33)34)38-18-12-17(28-23(29-18)39-13-14-8-7-9-15(26)20(14)27)31-40(35,36)19-11-10-16(37-19)21(32)30-24(2,3)4/h7-12H,6,13H2,1-5H3,(H,30,32)(H,33,34)(H,28,29,31)/t25-/m1/s1. The van der Waals surface area contributed by atoms with E-state index in [-0.39, 0.29) is 40.4 Å². The zero-order valence-electron chi connectivity index (χ0n) is 22.2. The van der Waals surface area contributed by atoms with Gasteiger partial charge >= 0.3 is 5.97 Å². The minimum Gasteiger partial charge on any atom is -0.478 e. The van der Waals surface area contributed by atoms with Crippen molar-refractivity contribution in [1.29, 1.82) is 0 Å². The summed E-state index contributed by atoms with van der Waals surface area (Å²) < 4.78 is 66.8. The number of carbonyl (C=O) groups is 2. The Morgan fingerprint density at radius 2 is 1.82 bits per heavy atom. The van der Waals surface area contributed by atoms with E-state index in [9.17, 15) is 31.9 Å². The van der Waals surface area contributed by atoms with Crippen LogP contribution in [0, 0.1) is 11.6 Å². The highest BCUT2D eigenvalue weighted by molar-refractivity contribution is 7.98. The molecule has 0 saturated heterocycles. The van der Waals surface area contributed by atoms with Gasteiger partial charge in [-0.2, -0.15) is 13.4 Å². The molecule has 1 amide bonds. The minimum absolute atomic E-state index is 0.00244. The zero-order chi connectivity index (χ0) is 29.9. The van der Waals surface area contributed by atoms with Crippen molar-refractivity contribution in [3.05, 3.63) is 59.4 Å². The van der Waals surface area contributed by atoms with Crippen LogP contribution in [-0.4, -0.2) is 46.5 Å². The predicted molar refractivity (Wildman–Crippen MR) is 142 cm³/mol. The summed E-state index contributed by atoms with van der Waals surface area (Å²) >= 11 is 0.834. The molecule has 3 N–H and O–H groups in total. The van der Waals surface area contributed by atoms with Crippen LogP contribution in [0.3, 0.4) is 0 Å². The third-order valence-electron chi connectivity index (χ3n) is 5.32. The van der Waals surface area contributed by atoms with Gasteiger partial charge in [0.1, 0.15) is 5.82 Å². The Hall–Kier alpha value is -3.72. The Bertz CT molecular complexity index is 1520. The molecule has 2 heterocycles. The number of rotatable bonds is 11. The summed E-state index contributed by atoms with van der Waals surface area (Å²) in [6.45, 7) is 8.12. The van der Waals surface area contributed by atoms with E-state index >= 15 is 0 Å². The lowest BCUT2D eigenvalue weighted by molar-refractivity contribution is -0.154. The first kappa shape index (κ1) is 30.8. The summed E-state index contributed by atoms with van der Waals surface area (Å²) in [5.74, 6) is -5.00. The number of halogens is 2. The molecule has 1 aromatic carbocycles. The number of nitrogens with one attached hydrogen (secondary N) is 2. The summed E-state index contributed by atoms with van der Waals surface area (Å²) in [4.78, 5) is 32.3. The van der Waals surface area contributed by atoms with Crippen LogP contribution in [0.2, 0.25) is 0 Å². The first-order valence-electron chi connectivity index (χ1n) is 11.9. The van der Waals surface area contributed by atoms with Crippen LogP contribution in [0.1, 0.15) is 57.2 Å². The normalized spacial score (nSPS) is 13.4. The lowest BCUT2D eigenvalue weighted by Gasteiger charge is -2.24. The van der Waals surface area contributed by atoms with Gasteiger partial charge in [0.05, 0.1) is 0 Å². The molecule has 0 aliphatic heterocycles. The molecule has 11 nitrogen and oxygen atoms in total. The zero-order valence-corrected chi connectivity index (χ0v) is 23.9. The van der Waals surface area contributed by atoms with Crippen molar-refractivity contribution in [3.63, 3.8) is 0 Å². The number of hydrogen-bond donors (Lipinski definition) is 3. The van der Waals surface area contributed by atoms with E-state index in [1.807, 2.05) is 0 Å². The maximum atomic E-state index is 14.1. The van der Waals surface area contributed by atoms with E-state index in [2.05, 4.69) is 20.0 Å². The second-order valence-corrected chi connectivity index (χ2v) is 12.4. The van der Waals surface area contributed by atoms with Crippen LogP contribution in [0.4, 0.5) is 14.6 Å². The Kier molecular flexibility index (Phi) is 9.09. The average Bonchev–Trinajstić information content (AvgIpc) is 3.35. The first-order chi connectivity index (χ1) is 18.5. The van der Waals surface area contributed by atoms with Gasteiger partial charge in [0.25, 0.3) is 15.9 Å². The van der Waals surface area contributed by atoms with E-state index < -0.39 is 49.8 Å². The topological polar surface area (TPSA) is 161 Å². The number of carboxylic acid groups (broad SMARTS) is 1. The summed E-state index contributed by atoms with van der Waals surface area (Å²) in [6.07, 6.45) is 0.0379. The number of nitrogens with zero attached hydrogens (tertiary/aromatic N) is 2. The van der Waals surface area contributed by atoms with Crippen LogP contribution < -0.4 is 14.8 Å². The Balaban J connectivity index is 1.93. The number of aliphatic carboxylic acids is 1. The number of carbonyl (C=O) groups excluding carboxylic acids is 1. The Labute approximate surface area is 233 Å². The van der Waals surface area contributed by atoms with Crippen molar-refractivity contribution in [2.24, 2.45) is 0 Å². The number of anilines is 1. The van der Waals surface area contributed by atoms with Gasteiger partial charge in [0.15, 0.2) is 22.6 Å². The maximum Gasteiger partial charge on any atom is 0.347 e. The van der Waals surface area contributed by atoms with Gasteiger partial charge in [0, 0.05) is 22.9 Å². The van der Waals surface area contributed by atoms with Crippen molar-refractivity contribution in [1.82, 2.24) is 15.3 Å². The highest BCUT2D eigenvalue weighted by atomic mass is 32.2.